The minimum Gasteiger partial charge on any atom is -0.459 e. The predicted octanol–water partition coefficient (Wildman–Crippen LogP) is 2.91. The third-order valence-electron chi connectivity index (χ3n) is 6.92. The van der Waals surface area contributed by atoms with Crippen molar-refractivity contribution in [3.8, 4) is 0 Å². The Bertz CT molecular complexity index is 1860. The van der Waals surface area contributed by atoms with E-state index in [0.717, 1.165) is 0 Å². The van der Waals surface area contributed by atoms with Gasteiger partial charge in [0.15, 0.2) is 24.0 Å². The van der Waals surface area contributed by atoms with Gasteiger partial charge in [-0.1, -0.05) is 59.8 Å². The second kappa shape index (κ2) is 12.2. The van der Waals surface area contributed by atoms with E-state index in [4.69, 9.17) is 24.7 Å². The van der Waals surface area contributed by atoms with Crippen LogP contribution < -0.4 is 11.3 Å². The number of pyridine rings is 1. The average molecular weight is 596 g/mol. The molecule has 13 heteroatoms. The lowest BCUT2D eigenvalue weighted by atomic mass is 10.1. The summed E-state index contributed by atoms with van der Waals surface area (Å²) in [5.41, 5.74) is 6.17. The van der Waals surface area contributed by atoms with Crippen LogP contribution in [-0.2, 0) is 18.9 Å². The van der Waals surface area contributed by atoms with Crippen LogP contribution in [0.4, 0.5) is 5.82 Å². The van der Waals surface area contributed by atoms with E-state index in [2.05, 4.69) is 15.3 Å². The molecule has 0 aliphatic carbocycles. The van der Waals surface area contributed by atoms with Gasteiger partial charge in [0.1, 0.15) is 24.0 Å². The summed E-state index contributed by atoms with van der Waals surface area (Å²) in [5, 5.41) is 8.03. The summed E-state index contributed by atoms with van der Waals surface area (Å²) in [7, 11) is 0. The maximum absolute atomic E-state index is 13.3. The minimum absolute atomic E-state index is 0.0299. The van der Waals surface area contributed by atoms with E-state index in [1.165, 1.54) is 10.7 Å². The lowest BCUT2D eigenvalue weighted by molar-refractivity contribution is -0.0659. The van der Waals surface area contributed by atoms with Gasteiger partial charge in [0, 0.05) is 6.07 Å². The largest absolute Gasteiger partial charge is 0.459 e. The first kappa shape index (κ1) is 28.3. The Hall–Kier alpha value is -5.82. The molecular weight excluding hydrogens is 570 g/mol. The highest BCUT2D eigenvalue weighted by atomic mass is 16.7. The number of anilines is 1. The molecule has 0 amide bonds. The van der Waals surface area contributed by atoms with E-state index in [-0.39, 0.29) is 34.6 Å². The number of rotatable bonds is 8. The van der Waals surface area contributed by atoms with Crippen molar-refractivity contribution in [3.05, 3.63) is 124 Å². The van der Waals surface area contributed by atoms with Gasteiger partial charge in [0.05, 0.1) is 16.7 Å². The molecule has 0 spiro atoms. The molecule has 0 saturated carbocycles. The van der Waals surface area contributed by atoms with Gasteiger partial charge in [-0.15, -0.1) is 5.10 Å². The molecule has 0 bridgehead atoms. The van der Waals surface area contributed by atoms with Gasteiger partial charge in [0.2, 0.25) is 0 Å². The number of hydrogen-bond acceptors (Lipinski definition) is 11. The maximum Gasteiger partial charge on any atom is 0.338 e. The normalized spacial score (nSPS) is 19.4. The summed E-state index contributed by atoms with van der Waals surface area (Å²) in [4.78, 5) is 54.4. The van der Waals surface area contributed by atoms with Crippen molar-refractivity contribution in [1.82, 2.24) is 20.0 Å². The van der Waals surface area contributed by atoms with Crippen molar-refractivity contribution in [1.29, 1.82) is 0 Å². The second-order valence-corrected chi connectivity index (χ2v) is 9.82. The Labute approximate surface area is 249 Å². The molecule has 6 rings (SSSR count). The Kier molecular flexibility index (Phi) is 7.84. The van der Waals surface area contributed by atoms with Crippen molar-refractivity contribution < 1.29 is 33.3 Å². The zero-order valence-corrected chi connectivity index (χ0v) is 22.9. The van der Waals surface area contributed by atoms with Gasteiger partial charge in [-0.2, -0.15) is 0 Å². The number of esters is 3. The second-order valence-electron chi connectivity index (χ2n) is 9.82. The first-order chi connectivity index (χ1) is 21.4. The Morgan fingerprint density at radius 3 is 1.89 bits per heavy atom. The van der Waals surface area contributed by atoms with Crippen LogP contribution >= 0.6 is 0 Å². The Morgan fingerprint density at radius 2 is 1.32 bits per heavy atom. The molecule has 3 aromatic carbocycles. The van der Waals surface area contributed by atoms with Gasteiger partial charge >= 0.3 is 17.9 Å². The van der Waals surface area contributed by atoms with Crippen molar-refractivity contribution >= 4 is 34.8 Å². The molecule has 44 heavy (non-hydrogen) atoms. The summed E-state index contributed by atoms with van der Waals surface area (Å²) < 4.78 is 24.8. The molecule has 2 aromatic heterocycles. The number of nitrogen functional groups attached to an aromatic ring is 1. The van der Waals surface area contributed by atoms with Crippen LogP contribution in [-0.4, -0.2) is 62.8 Å². The van der Waals surface area contributed by atoms with E-state index in [9.17, 15) is 19.2 Å². The number of nitrogens with two attached hydrogens (primary N) is 1. The summed E-state index contributed by atoms with van der Waals surface area (Å²) >= 11 is 0. The number of aromatic amines is 1. The highest BCUT2D eigenvalue weighted by molar-refractivity contribution is 5.91. The van der Waals surface area contributed by atoms with Gasteiger partial charge in [-0.3, -0.25) is 4.79 Å². The molecule has 13 nitrogen and oxygen atoms in total. The van der Waals surface area contributed by atoms with E-state index in [1.807, 2.05) is 0 Å². The third-order valence-corrected chi connectivity index (χ3v) is 6.92. The van der Waals surface area contributed by atoms with Crippen LogP contribution in [0.2, 0.25) is 0 Å². The third kappa shape index (κ3) is 5.76. The summed E-state index contributed by atoms with van der Waals surface area (Å²) in [6.45, 7) is -0.383. The number of fused-ring (bicyclic) bond motifs is 1. The van der Waals surface area contributed by atoms with Gasteiger partial charge < -0.3 is 29.7 Å². The lowest BCUT2D eigenvalue weighted by Crippen LogP contribution is -2.41. The first-order valence-corrected chi connectivity index (χ1v) is 13.5. The highest BCUT2D eigenvalue weighted by Crippen LogP contribution is 2.36. The fourth-order valence-electron chi connectivity index (χ4n) is 4.81. The molecule has 1 aliphatic heterocycles. The number of benzene rings is 3. The number of nitrogens with one attached hydrogen (secondary N) is 1. The van der Waals surface area contributed by atoms with E-state index >= 15 is 0 Å². The van der Waals surface area contributed by atoms with Crippen LogP contribution in [0, 0.1) is 0 Å². The molecule has 222 valence electrons. The summed E-state index contributed by atoms with van der Waals surface area (Å²) in [6.07, 6.45) is -5.03. The van der Waals surface area contributed by atoms with Gasteiger partial charge in [-0.05, 0) is 36.4 Å². The van der Waals surface area contributed by atoms with Crippen LogP contribution in [0.1, 0.15) is 37.3 Å². The average Bonchev–Trinajstić information content (AvgIpc) is 3.62. The fraction of sp³-hybridized carbons (Fsp3) is 0.161. The molecule has 1 saturated heterocycles. The zero-order chi connectivity index (χ0) is 30.6. The molecule has 5 aromatic rings. The van der Waals surface area contributed by atoms with E-state index in [0.29, 0.717) is 5.56 Å². The van der Waals surface area contributed by atoms with Crippen LogP contribution in [0.25, 0.3) is 11.0 Å². The number of aromatic nitrogens is 4. The number of H-pyrrole nitrogens is 1. The van der Waals surface area contributed by atoms with Crippen LogP contribution in [0.5, 0.6) is 0 Å². The maximum atomic E-state index is 13.3. The molecule has 3 heterocycles. The first-order valence-electron chi connectivity index (χ1n) is 13.5. The highest BCUT2D eigenvalue weighted by Gasteiger charge is 2.52. The Balaban J connectivity index is 1.39. The molecule has 4 atom stereocenters. The quantitative estimate of drug-likeness (QED) is 0.199. The van der Waals surface area contributed by atoms with Gasteiger partial charge in [0.25, 0.3) is 5.56 Å². The zero-order valence-electron chi connectivity index (χ0n) is 22.9. The Morgan fingerprint density at radius 1 is 0.795 bits per heavy atom. The van der Waals surface area contributed by atoms with E-state index < -0.39 is 48.0 Å². The number of nitrogens with zero attached hydrogens (tertiary/aromatic N) is 3. The standard InChI is InChI=1S/C31H25N5O8/c32-23-16-21-24(27(37)33-23)34-35-36(21)28-26(44-31(40)20-14-8-3-9-15-20)25(43-30(39)19-12-6-2-7-13-19)22(42-28)17-41-29(38)18-10-4-1-5-11-18/h1-16,22,25-26,28H,17H2,(H3,32,33,37)/t22-,25-,26+,28+/m1/s1. The molecule has 3 N–H and O–H groups in total. The molecular formula is C31H25N5O8. The predicted molar refractivity (Wildman–Crippen MR) is 154 cm³/mol. The topological polar surface area (TPSA) is 178 Å². The van der Waals surface area contributed by atoms with Crippen molar-refractivity contribution in [2.75, 3.05) is 12.3 Å². The monoisotopic (exact) mass is 595 g/mol. The smallest absolute Gasteiger partial charge is 0.338 e. The van der Waals surface area contributed by atoms with Gasteiger partial charge in [-0.25, -0.2) is 19.1 Å². The number of carbonyl (C=O) groups excluding carboxylic acids is 3. The summed E-state index contributed by atoms with van der Waals surface area (Å²) in [6, 6.07) is 26.1. The molecule has 0 radical (unpaired) electrons. The number of hydrogen-bond donors (Lipinski definition) is 2. The SMILES string of the molecule is Nc1cc2c(nnn2[C@H]2O[C@H](COC(=O)c3ccccc3)[C@@H](OC(=O)c3ccccc3)[C@@H]2OC(=O)c2ccccc2)c(=O)[nH]1. The van der Waals surface area contributed by atoms with Crippen molar-refractivity contribution in [2.45, 2.75) is 24.5 Å². The van der Waals surface area contributed by atoms with Crippen molar-refractivity contribution in [2.24, 2.45) is 0 Å². The fourth-order valence-corrected chi connectivity index (χ4v) is 4.81. The minimum atomic E-state index is -1.33. The van der Waals surface area contributed by atoms with Crippen LogP contribution in [0.15, 0.2) is 102 Å². The van der Waals surface area contributed by atoms with Crippen LogP contribution in [0.3, 0.4) is 0 Å². The number of ether oxygens (including phenoxy) is 4. The summed E-state index contributed by atoms with van der Waals surface area (Å²) in [5.74, 6) is -2.09. The molecule has 0 unspecified atom stereocenters. The van der Waals surface area contributed by atoms with Crippen molar-refractivity contribution in [3.63, 3.8) is 0 Å². The van der Waals surface area contributed by atoms with E-state index in [1.54, 1.807) is 91.0 Å². The number of carbonyl (C=O) groups is 3. The molecule has 1 aliphatic rings. The lowest BCUT2D eigenvalue weighted by Gasteiger charge is -2.24. The molecule has 1 fully saturated rings.